The van der Waals surface area contributed by atoms with Gasteiger partial charge in [0.1, 0.15) is 0 Å². The van der Waals surface area contributed by atoms with E-state index in [1.54, 1.807) is 15.5 Å². The molecule has 0 aliphatic carbocycles. The van der Waals surface area contributed by atoms with Crippen molar-refractivity contribution in [3.63, 3.8) is 0 Å². The first-order valence-corrected chi connectivity index (χ1v) is 8.37. The average Bonchev–Trinajstić information content (AvgIpc) is 2.62. The van der Waals surface area contributed by atoms with E-state index in [2.05, 4.69) is 0 Å². The van der Waals surface area contributed by atoms with E-state index in [4.69, 9.17) is 0 Å². The van der Waals surface area contributed by atoms with E-state index in [1.165, 1.54) is 12.1 Å². The Morgan fingerprint density at radius 1 is 1.19 bits per heavy atom. The molecule has 7 nitrogen and oxygen atoms in total. The molecule has 0 unspecified atom stereocenters. The number of carbonyl (C=O) groups excluding carboxylic acids is 1. The van der Waals surface area contributed by atoms with Crippen molar-refractivity contribution in [2.75, 3.05) is 13.1 Å². The lowest BCUT2D eigenvalue weighted by Crippen LogP contribution is -2.49. The van der Waals surface area contributed by atoms with Crippen LogP contribution in [-0.2, 0) is 6.54 Å². The van der Waals surface area contributed by atoms with Crippen LogP contribution in [0.3, 0.4) is 0 Å². The third-order valence-corrected chi connectivity index (χ3v) is 5.16. The Bertz CT molecular complexity index is 971. The number of fused-ring (bicyclic) bond motifs is 4. The lowest BCUT2D eigenvalue weighted by atomic mass is 9.83. The molecule has 26 heavy (non-hydrogen) atoms. The van der Waals surface area contributed by atoms with Crippen LogP contribution in [0.1, 0.15) is 28.4 Å². The van der Waals surface area contributed by atoms with E-state index in [1.807, 2.05) is 6.07 Å². The summed E-state index contributed by atoms with van der Waals surface area (Å²) in [6.45, 7) is 1.46. The number of halogens is 1. The van der Waals surface area contributed by atoms with E-state index in [9.17, 15) is 24.1 Å². The Morgan fingerprint density at radius 3 is 2.77 bits per heavy atom. The normalized spacial score (nSPS) is 21.2. The SMILES string of the molecule is O=C(c1ccc(F)c([N+](=O)[O-])c1)N1C[C@H]2C[C@@H](C1)c1cccc(=O)n1C2. The van der Waals surface area contributed by atoms with Crippen molar-refractivity contribution in [3.05, 3.63) is 73.9 Å². The van der Waals surface area contributed by atoms with E-state index >= 15 is 0 Å². The molecule has 2 atom stereocenters. The number of nitro benzene ring substituents is 1. The van der Waals surface area contributed by atoms with Gasteiger partial charge in [-0.15, -0.1) is 0 Å². The van der Waals surface area contributed by atoms with Gasteiger partial charge in [-0.2, -0.15) is 4.39 Å². The summed E-state index contributed by atoms with van der Waals surface area (Å²) in [4.78, 5) is 36.6. The van der Waals surface area contributed by atoms with Gasteiger partial charge in [0.2, 0.25) is 5.82 Å². The second-order valence-electron chi connectivity index (χ2n) is 6.83. The quantitative estimate of drug-likeness (QED) is 0.609. The third-order valence-electron chi connectivity index (χ3n) is 5.16. The summed E-state index contributed by atoms with van der Waals surface area (Å²) in [5.41, 5.74) is 0.274. The molecule has 2 aliphatic rings. The zero-order valence-corrected chi connectivity index (χ0v) is 13.8. The smallest absolute Gasteiger partial charge is 0.305 e. The van der Waals surface area contributed by atoms with Gasteiger partial charge in [0.15, 0.2) is 0 Å². The van der Waals surface area contributed by atoms with Crippen molar-refractivity contribution >= 4 is 11.6 Å². The first kappa shape index (κ1) is 16.4. The second kappa shape index (κ2) is 6.05. The first-order chi connectivity index (χ1) is 12.4. The summed E-state index contributed by atoms with van der Waals surface area (Å²) in [6, 6.07) is 8.36. The molecule has 1 saturated heterocycles. The summed E-state index contributed by atoms with van der Waals surface area (Å²) in [6.07, 6.45) is 0.900. The standard InChI is InChI=1S/C18H16FN3O4/c19-14-5-4-12(7-16(14)22(25)26)18(24)20-8-11-6-13(10-20)15-2-1-3-17(23)21(15)9-11/h1-5,7,11,13H,6,8-10H2/t11-,13+/m1/s1. The number of benzene rings is 1. The molecule has 2 aromatic rings. The van der Waals surface area contributed by atoms with Crippen LogP contribution in [0.25, 0.3) is 0 Å². The number of nitro groups is 1. The minimum Gasteiger partial charge on any atom is -0.338 e. The fourth-order valence-corrected chi connectivity index (χ4v) is 4.03. The lowest BCUT2D eigenvalue weighted by Gasteiger charge is -2.42. The summed E-state index contributed by atoms with van der Waals surface area (Å²) >= 11 is 0. The molecule has 1 aromatic carbocycles. The summed E-state index contributed by atoms with van der Waals surface area (Å²) in [5.74, 6) is -1.11. The van der Waals surface area contributed by atoms with Crippen LogP contribution in [0.4, 0.5) is 10.1 Å². The number of likely N-dealkylation sites (tertiary alicyclic amines) is 1. The highest BCUT2D eigenvalue weighted by atomic mass is 19.1. The molecule has 2 bridgehead atoms. The molecule has 0 saturated carbocycles. The van der Waals surface area contributed by atoms with Crippen molar-refractivity contribution in [1.82, 2.24) is 9.47 Å². The van der Waals surface area contributed by atoms with Crippen molar-refractivity contribution in [2.45, 2.75) is 18.9 Å². The number of amides is 1. The molecule has 134 valence electrons. The lowest BCUT2D eigenvalue weighted by molar-refractivity contribution is -0.387. The zero-order valence-electron chi connectivity index (χ0n) is 13.8. The topological polar surface area (TPSA) is 85.4 Å². The van der Waals surface area contributed by atoms with E-state index in [0.717, 1.165) is 24.2 Å². The summed E-state index contributed by atoms with van der Waals surface area (Å²) in [5, 5.41) is 10.9. The van der Waals surface area contributed by atoms with E-state index in [-0.39, 0.29) is 28.9 Å². The number of nitrogens with zero attached hydrogens (tertiary/aromatic N) is 3. The fraction of sp³-hybridized carbons (Fsp3) is 0.333. The van der Waals surface area contributed by atoms with Gasteiger partial charge in [0.25, 0.3) is 11.5 Å². The predicted molar refractivity (Wildman–Crippen MR) is 90.5 cm³/mol. The van der Waals surface area contributed by atoms with Crippen molar-refractivity contribution in [2.24, 2.45) is 5.92 Å². The number of hydrogen-bond acceptors (Lipinski definition) is 4. The highest BCUT2D eigenvalue weighted by Gasteiger charge is 2.36. The van der Waals surface area contributed by atoms with Gasteiger partial charge in [0, 0.05) is 48.9 Å². The van der Waals surface area contributed by atoms with Gasteiger partial charge >= 0.3 is 5.69 Å². The molecule has 4 rings (SSSR count). The second-order valence-corrected chi connectivity index (χ2v) is 6.83. The van der Waals surface area contributed by atoms with Crippen LogP contribution >= 0.6 is 0 Å². The van der Waals surface area contributed by atoms with Crippen LogP contribution in [0.5, 0.6) is 0 Å². The largest absolute Gasteiger partial charge is 0.338 e. The number of hydrogen-bond donors (Lipinski definition) is 0. The van der Waals surface area contributed by atoms with Crippen molar-refractivity contribution in [3.8, 4) is 0 Å². The van der Waals surface area contributed by atoms with Gasteiger partial charge in [-0.1, -0.05) is 6.07 Å². The minimum absolute atomic E-state index is 0.0360. The minimum atomic E-state index is -0.963. The van der Waals surface area contributed by atoms with Crippen molar-refractivity contribution in [1.29, 1.82) is 0 Å². The number of rotatable bonds is 2. The Kier molecular flexibility index (Phi) is 3.82. The molecule has 2 aliphatic heterocycles. The molecular formula is C18H16FN3O4. The van der Waals surface area contributed by atoms with Gasteiger partial charge in [-0.05, 0) is 30.5 Å². The molecule has 3 heterocycles. The van der Waals surface area contributed by atoms with Crippen LogP contribution in [0, 0.1) is 21.8 Å². The molecule has 1 amide bonds. The van der Waals surface area contributed by atoms with Crippen LogP contribution in [-0.4, -0.2) is 33.4 Å². The van der Waals surface area contributed by atoms with Crippen LogP contribution in [0.2, 0.25) is 0 Å². The molecule has 1 fully saturated rings. The summed E-state index contributed by atoms with van der Waals surface area (Å²) < 4.78 is 15.3. The summed E-state index contributed by atoms with van der Waals surface area (Å²) in [7, 11) is 0. The van der Waals surface area contributed by atoms with Gasteiger partial charge in [-0.3, -0.25) is 19.7 Å². The molecule has 0 N–H and O–H groups in total. The van der Waals surface area contributed by atoms with Crippen LogP contribution in [0.15, 0.2) is 41.2 Å². The number of carbonyl (C=O) groups is 1. The van der Waals surface area contributed by atoms with E-state index in [0.29, 0.717) is 19.6 Å². The van der Waals surface area contributed by atoms with Gasteiger partial charge in [-0.25, -0.2) is 0 Å². The van der Waals surface area contributed by atoms with Crippen molar-refractivity contribution < 1.29 is 14.1 Å². The predicted octanol–water partition coefficient (Wildman–Crippen LogP) is 2.16. The fourth-order valence-electron chi connectivity index (χ4n) is 4.03. The number of pyridine rings is 1. The highest BCUT2D eigenvalue weighted by Crippen LogP contribution is 2.35. The number of piperidine rings is 1. The van der Waals surface area contributed by atoms with Gasteiger partial charge < -0.3 is 9.47 Å². The maximum Gasteiger partial charge on any atom is 0.305 e. The Hall–Kier alpha value is -3.03. The first-order valence-electron chi connectivity index (χ1n) is 8.37. The average molecular weight is 357 g/mol. The van der Waals surface area contributed by atoms with E-state index < -0.39 is 16.4 Å². The zero-order chi connectivity index (χ0) is 18.4. The molecule has 0 spiro atoms. The molecule has 8 heteroatoms. The Morgan fingerprint density at radius 2 is 2.00 bits per heavy atom. The highest BCUT2D eigenvalue weighted by molar-refractivity contribution is 5.95. The monoisotopic (exact) mass is 357 g/mol. The Labute approximate surface area is 147 Å². The van der Waals surface area contributed by atoms with Gasteiger partial charge in [0.05, 0.1) is 4.92 Å². The number of aromatic nitrogens is 1. The maximum atomic E-state index is 13.5. The maximum absolute atomic E-state index is 13.5. The third kappa shape index (κ3) is 2.67. The Balaban J connectivity index is 1.63. The molecule has 1 aromatic heterocycles. The molecular weight excluding hydrogens is 341 g/mol. The molecule has 0 radical (unpaired) electrons. The van der Waals surface area contributed by atoms with Crippen LogP contribution < -0.4 is 5.56 Å².